The second-order valence-corrected chi connectivity index (χ2v) is 20.9. The molecule has 8 amide bonds. The smallest absolute Gasteiger partial charge is 0.258 e. The number of carbonyl (C=O) groups excluding carboxylic acids is 8. The number of benzene rings is 10. The first-order valence-electron chi connectivity index (χ1n) is 22.9. The van der Waals surface area contributed by atoms with Crippen LogP contribution in [0.25, 0.3) is 117 Å². The highest BCUT2D eigenvalue weighted by Crippen LogP contribution is 2.54. The number of nitrogens with zero attached hydrogens (tertiary/aromatic N) is 2. The van der Waals surface area contributed by atoms with E-state index in [9.17, 15) is 48.9 Å². The number of fused-ring (bicyclic) bond motifs is 4. The van der Waals surface area contributed by atoms with Gasteiger partial charge in [-0.25, -0.2) is 0 Å². The second-order valence-electron chi connectivity index (χ2n) is 18.7. The highest BCUT2D eigenvalue weighted by Gasteiger charge is 2.36. The molecule has 16 heteroatoms. The lowest BCUT2D eigenvalue weighted by Crippen LogP contribution is -2.35. The maximum absolute atomic E-state index is 13.9. The molecule has 14 nitrogen and oxygen atoms in total. The van der Waals surface area contributed by atoms with Crippen LogP contribution < -0.4 is 21.3 Å². The van der Waals surface area contributed by atoms with E-state index in [-0.39, 0.29) is 44.5 Å². The Hall–Kier alpha value is -10.3. The van der Waals surface area contributed by atoms with E-state index in [4.69, 9.17) is 0 Å². The van der Waals surface area contributed by atoms with Gasteiger partial charge in [-0.2, -0.15) is 10.5 Å². The third-order valence-corrected chi connectivity index (χ3v) is 17.7. The van der Waals surface area contributed by atoms with E-state index >= 15 is 0 Å². The largest absolute Gasteiger partial charge is 0.288 e. The molecule has 10 aromatic carbocycles. The quantitative estimate of drug-likeness (QED) is 0.0743. The SMILES string of the molecule is N#Cc1cc2c3c(ccc4c5c(-c6ccc(-c7ccc(-c8cc9c%10c(cc(C#N)c%11c%12ccc%13c%14c(ccc(c8c%10%11)c%14%12)C(=O)NC%13=O)C(=O)NC9=O)s7)s6)cc6c7c(ccc(c1c34)c75)C(=O)NC6=O)C(=O)NC2=O. The van der Waals surface area contributed by atoms with Crippen molar-refractivity contribution in [2.45, 2.75) is 0 Å². The predicted octanol–water partition coefficient (Wildman–Crippen LogP) is 10.2. The normalized spacial score (nSPS) is 14.8. The van der Waals surface area contributed by atoms with Gasteiger partial charge in [0, 0.05) is 118 Å². The molecule has 6 heterocycles. The van der Waals surface area contributed by atoms with Crippen LogP contribution in [0, 0.1) is 22.7 Å². The summed E-state index contributed by atoms with van der Waals surface area (Å²) in [6.07, 6.45) is 0. The van der Waals surface area contributed by atoms with Crippen molar-refractivity contribution in [3.8, 4) is 42.8 Å². The van der Waals surface area contributed by atoms with E-state index in [1.165, 1.54) is 34.8 Å². The molecule has 342 valence electrons. The highest BCUT2D eigenvalue weighted by atomic mass is 32.1. The van der Waals surface area contributed by atoms with Crippen LogP contribution >= 0.6 is 22.7 Å². The number of nitriles is 2. The number of rotatable bonds is 3. The van der Waals surface area contributed by atoms with Crippen molar-refractivity contribution >= 4 is 156 Å². The average molecular weight is 993 g/mol. The summed E-state index contributed by atoms with van der Waals surface area (Å²) in [6.45, 7) is 0. The van der Waals surface area contributed by atoms with Crippen LogP contribution in [0.1, 0.15) is 94.0 Å². The second kappa shape index (κ2) is 13.4. The summed E-state index contributed by atoms with van der Waals surface area (Å²) < 4.78 is 0. The molecule has 4 aliphatic heterocycles. The molecule has 0 aliphatic carbocycles. The summed E-state index contributed by atoms with van der Waals surface area (Å²) in [5, 5.41) is 39.7. The van der Waals surface area contributed by atoms with Gasteiger partial charge in [-0.3, -0.25) is 59.6 Å². The van der Waals surface area contributed by atoms with Crippen LogP contribution in [0.5, 0.6) is 0 Å². The Balaban J connectivity index is 0.955. The third-order valence-electron chi connectivity index (χ3n) is 15.3. The lowest BCUT2D eigenvalue weighted by Gasteiger charge is -2.25. The Morgan fingerprint density at radius 1 is 0.270 bits per heavy atom. The van der Waals surface area contributed by atoms with Gasteiger partial charge in [0.05, 0.1) is 23.3 Å². The lowest BCUT2D eigenvalue weighted by molar-refractivity contribution is 0.0828. The molecule has 12 aromatic rings. The summed E-state index contributed by atoms with van der Waals surface area (Å²) in [7, 11) is 0. The fraction of sp³-hybridized carbons (Fsp3) is 0. The molecule has 0 spiro atoms. The maximum Gasteiger partial charge on any atom is 0.258 e. The summed E-state index contributed by atoms with van der Waals surface area (Å²) >= 11 is 2.88. The average Bonchev–Trinajstić information content (AvgIpc) is 4.10. The molecule has 4 aliphatic rings. The molecule has 74 heavy (non-hydrogen) atoms. The minimum Gasteiger partial charge on any atom is -0.288 e. The zero-order chi connectivity index (χ0) is 50.1. The molecule has 0 saturated carbocycles. The Morgan fingerprint density at radius 3 is 1.00 bits per heavy atom. The monoisotopic (exact) mass is 992 g/mol. The van der Waals surface area contributed by atoms with Crippen molar-refractivity contribution in [3.05, 3.63) is 153 Å². The number of carbonyl (C=O) groups is 8. The molecule has 16 rings (SSSR count). The first-order chi connectivity index (χ1) is 35.9. The summed E-state index contributed by atoms with van der Waals surface area (Å²) in [4.78, 5) is 111. The van der Waals surface area contributed by atoms with Crippen molar-refractivity contribution in [3.63, 3.8) is 0 Å². The van der Waals surface area contributed by atoms with Gasteiger partial charge in [0.15, 0.2) is 0 Å². The minimum atomic E-state index is -0.635. The van der Waals surface area contributed by atoms with E-state index in [0.717, 1.165) is 19.5 Å². The van der Waals surface area contributed by atoms with Gasteiger partial charge in [0.2, 0.25) is 0 Å². The Bertz CT molecular complexity index is 5090. The highest BCUT2D eigenvalue weighted by molar-refractivity contribution is 7.25. The minimum absolute atomic E-state index is 0.173. The van der Waals surface area contributed by atoms with Gasteiger partial charge in [-0.1, -0.05) is 24.3 Å². The number of hydrogen-bond acceptors (Lipinski definition) is 12. The summed E-state index contributed by atoms with van der Waals surface area (Å²) in [5.41, 5.74) is 3.64. The van der Waals surface area contributed by atoms with Gasteiger partial charge in [-0.05, 0) is 116 Å². The van der Waals surface area contributed by atoms with Crippen LogP contribution in [0.2, 0.25) is 0 Å². The van der Waals surface area contributed by atoms with Crippen molar-refractivity contribution in [2.24, 2.45) is 0 Å². The third kappa shape index (κ3) is 4.72. The van der Waals surface area contributed by atoms with E-state index in [2.05, 4.69) is 33.4 Å². The van der Waals surface area contributed by atoms with Gasteiger partial charge in [0.1, 0.15) is 0 Å². The van der Waals surface area contributed by atoms with Gasteiger partial charge in [0.25, 0.3) is 47.3 Å². The topological polar surface area (TPSA) is 232 Å². The first kappa shape index (κ1) is 40.5. The van der Waals surface area contributed by atoms with Crippen molar-refractivity contribution < 1.29 is 38.4 Å². The maximum atomic E-state index is 13.9. The molecule has 0 bridgehead atoms. The molecule has 0 radical (unpaired) electrons. The molecule has 4 N–H and O–H groups in total. The zero-order valence-corrected chi connectivity index (χ0v) is 38.8. The Morgan fingerprint density at radius 2 is 0.568 bits per heavy atom. The first-order valence-corrected chi connectivity index (χ1v) is 24.6. The van der Waals surface area contributed by atoms with Crippen molar-refractivity contribution in [2.75, 3.05) is 0 Å². The fourth-order valence-corrected chi connectivity index (χ4v) is 14.6. The fourth-order valence-electron chi connectivity index (χ4n) is 12.4. The zero-order valence-electron chi connectivity index (χ0n) is 37.2. The molecule has 0 atom stereocenters. The van der Waals surface area contributed by atoms with Gasteiger partial charge < -0.3 is 0 Å². The van der Waals surface area contributed by atoms with E-state index in [1.807, 2.05) is 30.3 Å². The van der Waals surface area contributed by atoms with Crippen molar-refractivity contribution in [1.29, 1.82) is 10.5 Å². The van der Waals surface area contributed by atoms with E-state index in [0.29, 0.717) is 108 Å². The van der Waals surface area contributed by atoms with Crippen LogP contribution in [-0.4, -0.2) is 47.3 Å². The van der Waals surface area contributed by atoms with Crippen LogP contribution in [0.3, 0.4) is 0 Å². The van der Waals surface area contributed by atoms with E-state index in [1.54, 1.807) is 54.6 Å². The summed E-state index contributed by atoms with van der Waals surface area (Å²) in [6, 6.07) is 32.5. The van der Waals surface area contributed by atoms with Crippen LogP contribution in [0.15, 0.2) is 97.1 Å². The van der Waals surface area contributed by atoms with Gasteiger partial charge in [-0.15, -0.1) is 22.7 Å². The number of thiophene rings is 2. The molecule has 2 aromatic heterocycles. The molecule has 0 unspecified atom stereocenters. The van der Waals surface area contributed by atoms with E-state index < -0.39 is 47.3 Å². The standard InChI is InChI=1S/C58H20N6O8S2/c59-17-19-13-31-45-27(53(67)62-55(31)69)8-4-24-42-29(15-33-46-28(54(68)63-57(33)71)6-2-22(49(42)46)39(19)48(24)45)35-9-11-37(73-35)38-12-10-36(74-38)30-16-34-47-32(56(70)64-58(34)72)14-20(18-60)40-21-1-5-25-44-26(52(66)61-51(25)65)7-3-23(41(21)44)43(30)50(40)47/h1-16H,(H,61,65,66)(H,62,67,69)(H,63,68,71)(H,64,70,72). The molecule has 0 fully saturated rings. The lowest BCUT2D eigenvalue weighted by atomic mass is 9.79. The molecular formula is C58H20N6O8S2. The van der Waals surface area contributed by atoms with Crippen molar-refractivity contribution in [1.82, 2.24) is 21.3 Å². The summed E-state index contributed by atoms with van der Waals surface area (Å²) in [5.74, 6) is -4.69. The van der Waals surface area contributed by atoms with Gasteiger partial charge >= 0.3 is 0 Å². The Labute approximate surface area is 419 Å². The number of imide groups is 4. The molecule has 0 saturated heterocycles. The predicted molar refractivity (Wildman–Crippen MR) is 278 cm³/mol. The number of hydrogen-bond donors (Lipinski definition) is 4. The number of nitrogens with one attached hydrogen (secondary N) is 4. The Kier molecular flexibility index (Phi) is 7.31. The van der Waals surface area contributed by atoms with Crippen LogP contribution in [0.4, 0.5) is 0 Å². The van der Waals surface area contributed by atoms with Crippen LogP contribution in [-0.2, 0) is 0 Å². The number of amides is 8. The molecular weight excluding hydrogens is 973 g/mol.